The van der Waals surface area contributed by atoms with Crippen LogP contribution in [0, 0.1) is 6.92 Å². The van der Waals surface area contributed by atoms with Gasteiger partial charge in [-0.15, -0.1) is 0 Å². The number of ether oxygens (including phenoxy) is 1. The van der Waals surface area contributed by atoms with Crippen LogP contribution in [0.4, 0.5) is 0 Å². The van der Waals surface area contributed by atoms with Crippen LogP contribution >= 0.6 is 11.6 Å². The standard InChI is InChI=1S/C15H21ClN2O4S/c1-11-4-5-13(16)14(8-11)22-9-15(19)18(17(2)3)12-6-7-23(20,21)10-12/h4-5,8,12H,6-7,9-10H2,1-3H3/t12-/m1/s1. The Hall–Kier alpha value is -1.31. The summed E-state index contributed by atoms with van der Waals surface area (Å²) in [7, 11) is 0.352. The molecule has 0 N–H and O–H groups in total. The monoisotopic (exact) mass is 360 g/mol. The van der Waals surface area contributed by atoms with Crippen molar-refractivity contribution < 1.29 is 17.9 Å². The zero-order chi connectivity index (χ0) is 17.2. The van der Waals surface area contributed by atoms with Crippen molar-refractivity contribution in [1.29, 1.82) is 0 Å². The van der Waals surface area contributed by atoms with E-state index in [2.05, 4.69) is 0 Å². The third-order valence-electron chi connectivity index (χ3n) is 3.68. The molecule has 0 aromatic heterocycles. The van der Waals surface area contributed by atoms with Crippen LogP contribution in [0.5, 0.6) is 5.75 Å². The topological polar surface area (TPSA) is 66.9 Å². The van der Waals surface area contributed by atoms with E-state index in [4.69, 9.17) is 16.3 Å². The molecule has 128 valence electrons. The van der Waals surface area contributed by atoms with Gasteiger partial charge in [-0.3, -0.25) is 9.80 Å². The Morgan fingerprint density at radius 3 is 2.65 bits per heavy atom. The van der Waals surface area contributed by atoms with Crippen molar-refractivity contribution in [2.45, 2.75) is 19.4 Å². The normalized spacial score (nSPS) is 19.8. The second kappa shape index (κ2) is 7.07. The van der Waals surface area contributed by atoms with Gasteiger partial charge >= 0.3 is 0 Å². The average Bonchev–Trinajstić information content (AvgIpc) is 2.79. The van der Waals surface area contributed by atoms with Crippen LogP contribution in [0.2, 0.25) is 5.02 Å². The number of carbonyl (C=O) groups is 1. The van der Waals surface area contributed by atoms with Crippen LogP contribution in [0.3, 0.4) is 0 Å². The molecule has 0 unspecified atom stereocenters. The highest BCUT2D eigenvalue weighted by atomic mass is 35.5. The van der Waals surface area contributed by atoms with Gasteiger partial charge in [0.15, 0.2) is 16.4 Å². The molecule has 2 rings (SSSR count). The van der Waals surface area contributed by atoms with Gasteiger partial charge < -0.3 is 4.74 Å². The quantitative estimate of drug-likeness (QED) is 0.745. The molecule has 1 atom stereocenters. The highest BCUT2D eigenvalue weighted by Crippen LogP contribution is 2.25. The summed E-state index contributed by atoms with van der Waals surface area (Å²) in [5.74, 6) is 0.245. The molecule has 0 radical (unpaired) electrons. The molecule has 1 aromatic carbocycles. The van der Waals surface area contributed by atoms with E-state index in [0.29, 0.717) is 17.2 Å². The van der Waals surface area contributed by atoms with Gasteiger partial charge in [0, 0.05) is 14.1 Å². The van der Waals surface area contributed by atoms with Crippen molar-refractivity contribution in [3.05, 3.63) is 28.8 Å². The van der Waals surface area contributed by atoms with E-state index < -0.39 is 9.84 Å². The van der Waals surface area contributed by atoms with E-state index in [9.17, 15) is 13.2 Å². The maximum atomic E-state index is 12.5. The molecular formula is C15H21ClN2O4S. The summed E-state index contributed by atoms with van der Waals surface area (Å²) >= 11 is 6.05. The minimum Gasteiger partial charge on any atom is -0.482 e. The van der Waals surface area contributed by atoms with Crippen LogP contribution in [-0.2, 0) is 14.6 Å². The molecule has 0 saturated carbocycles. The van der Waals surface area contributed by atoms with Crippen LogP contribution in [-0.4, -0.2) is 62.6 Å². The molecule has 1 heterocycles. The third kappa shape index (κ3) is 4.59. The van der Waals surface area contributed by atoms with Gasteiger partial charge in [-0.25, -0.2) is 13.4 Å². The number of hydrazine groups is 1. The fraction of sp³-hybridized carbons (Fsp3) is 0.533. The molecule has 8 heteroatoms. The van der Waals surface area contributed by atoms with E-state index in [1.165, 1.54) is 5.01 Å². The fourth-order valence-electron chi connectivity index (χ4n) is 2.65. The van der Waals surface area contributed by atoms with Crippen molar-refractivity contribution in [3.8, 4) is 5.75 Å². The molecule has 1 saturated heterocycles. The van der Waals surface area contributed by atoms with Gasteiger partial charge in [-0.05, 0) is 31.0 Å². The Labute approximate surface area is 141 Å². The maximum absolute atomic E-state index is 12.5. The molecule has 1 aliphatic rings. The number of amides is 1. The van der Waals surface area contributed by atoms with Crippen LogP contribution in [0.15, 0.2) is 18.2 Å². The Morgan fingerprint density at radius 1 is 1.39 bits per heavy atom. The predicted molar refractivity (Wildman–Crippen MR) is 89.3 cm³/mol. The minimum atomic E-state index is -3.07. The van der Waals surface area contributed by atoms with Gasteiger partial charge in [0.2, 0.25) is 0 Å². The minimum absolute atomic E-state index is 0.0118. The van der Waals surface area contributed by atoms with Gasteiger partial charge in [-0.2, -0.15) is 0 Å². The van der Waals surface area contributed by atoms with E-state index in [1.807, 2.05) is 13.0 Å². The van der Waals surface area contributed by atoms with Crippen molar-refractivity contribution in [3.63, 3.8) is 0 Å². The van der Waals surface area contributed by atoms with Crippen molar-refractivity contribution >= 4 is 27.3 Å². The largest absolute Gasteiger partial charge is 0.482 e. The molecule has 23 heavy (non-hydrogen) atoms. The maximum Gasteiger partial charge on any atom is 0.275 e. The van der Waals surface area contributed by atoms with Crippen molar-refractivity contribution in [2.24, 2.45) is 0 Å². The fourth-order valence-corrected chi connectivity index (χ4v) is 4.51. The Morgan fingerprint density at radius 2 is 2.09 bits per heavy atom. The summed E-state index contributed by atoms with van der Waals surface area (Å²) in [4.78, 5) is 12.5. The Bertz CT molecular complexity index is 691. The van der Waals surface area contributed by atoms with Crippen molar-refractivity contribution in [2.75, 3.05) is 32.2 Å². The summed E-state index contributed by atoms with van der Waals surface area (Å²) in [5, 5.41) is 3.49. The van der Waals surface area contributed by atoms with Crippen LogP contribution in [0.25, 0.3) is 0 Å². The molecule has 0 bridgehead atoms. The second-order valence-electron chi connectivity index (χ2n) is 5.86. The number of halogens is 1. The molecule has 1 fully saturated rings. The van der Waals surface area contributed by atoms with Gasteiger partial charge in [0.25, 0.3) is 5.91 Å². The highest BCUT2D eigenvalue weighted by Gasteiger charge is 2.36. The number of benzene rings is 1. The molecule has 1 aromatic rings. The average molecular weight is 361 g/mol. The summed E-state index contributed by atoms with van der Waals surface area (Å²) < 4.78 is 28.8. The highest BCUT2D eigenvalue weighted by molar-refractivity contribution is 7.91. The Balaban J connectivity index is 2.06. The first-order chi connectivity index (χ1) is 10.7. The summed E-state index contributed by atoms with van der Waals surface area (Å²) in [6.45, 7) is 1.71. The number of hydrogen-bond donors (Lipinski definition) is 0. The molecule has 0 aliphatic carbocycles. The van der Waals surface area contributed by atoms with Crippen LogP contribution in [0.1, 0.15) is 12.0 Å². The first-order valence-corrected chi connectivity index (χ1v) is 9.48. The van der Waals surface area contributed by atoms with Gasteiger partial charge in [0.05, 0.1) is 22.6 Å². The zero-order valence-electron chi connectivity index (χ0n) is 13.5. The molecule has 0 spiro atoms. The molecule has 6 nitrogen and oxygen atoms in total. The SMILES string of the molecule is Cc1ccc(Cl)c(OCC(=O)N([C@@H]2CCS(=O)(=O)C2)N(C)C)c1. The van der Waals surface area contributed by atoms with E-state index in [-0.39, 0.29) is 30.1 Å². The Kier molecular flexibility index (Phi) is 5.54. The van der Waals surface area contributed by atoms with Crippen LogP contribution < -0.4 is 4.74 Å². The lowest BCUT2D eigenvalue weighted by Crippen LogP contribution is -2.51. The molecule has 1 aliphatic heterocycles. The number of rotatable bonds is 5. The summed E-state index contributed by atoms with van der Waals surface area (Å²) in [5.41, 5.74) is 0.975. The number of aryl methyl sites for hydroxylation is 1. The van der Waals surface area contributed by atoms with E-state index in [0.717, 1.165) is 5.56 Å². The zero-order valence-corrected chi connectivity index (χ0v) is 15.0. The first-order valence-electron chi connectivity index (χ1n) is 7.28. The third-order valence-corrected chi connectivity index (χ3v) is 5.74. The number of nitrogens with zero attached hydrogens (tertiary/aromatic N) is 2. The second-order valence-corrected chi connectivity index (χ2v) is 8.50. The summed E-state index contributed by atoms with van der Waals surface area (Å²) in [6, 6.07) is 4.98. The van der Waals surface area contributed by atoms with Gasteiger partial charge in [0.1, 0.15) is 5.75 Å². The van der Waals surface area contributed by atoms with E-state index >= 15 is 0 Å². The predicted octanol–water partition coefficient (Wildman–Crippen LogP) is 1.52. The molecular weight excluding hydrogens is 340 g/mol. The van der Waals surface area contributed by atoms with E-state index in [1.54, 1.807) is 31.2 Å². The lowest BCUT2D eigenvalue weighted by molar-refractivity contribution is -0.151. The number of sulfone groups is 1. The lowest BCUT2D eigenvalue weighted by Gasteiger charge is -2.33. The number of hydrogen-bond acceptors (Lipinski definition) is 5. The summed E-state index contributed by atoms with van der Waals surface area (Å²) in [6.07, 6.45) is 0.442. The lowest BCUT2D eigenvalue weighted by atomic mass is 10.2. The first kappa shape index (κ1) is 18.0. The van der Waals surface area contributed by atoms with Crippen molar-refractivity contribution in [1.82, 2.24) is 10.0 Å². The van der Waals surface area contributed by atoms with Gasteiger partial charge in [-0.1, -0.05) is 17.7 Å². The number of carbonyl (C=O) groups excluding carboxylic acids is 1. The smallest absolute Gasteiger partial charge is 0.275 e. The molecule has 1 amide bonds.